The van der Waals surface area contributed by atoms with Crippen LogP contribution in [0.2, 0.25) is 5.02 Å². The van der Waals surface area contributed by atoms with Crippen LogP contribution >= 0.6 is 11.6 Å². The standard InChI is InChI=1S/C16H24ClNO2/c1-16(2,3)18-9-10-8-12(10)11-6-7-13(19-4)15(20-5)14(11)17/h6-7,10,12,18H,8-9H2,1-5H3. The van der Waals surface area contributed by atoms with E-state index in [1.807, 2.05) is 6.07 Å². The molecule has 1 aliphatic carbocycles. The number of hydrogen-bond donors (Lipinski definition) is 1. The van der Waals surface area contributed by atoms with Gasteiger partial charge < -0.3 is 14.8 Å². The molecule has 1 aromatic carbocycles. The van der Waals surface area contributed by atoms with E-state index in [1.54, 1.807) is 14.2 Å². The zero-order chi connectivity index (χ0) is 14.9. The molecule has 0 aromatic heterocycles. The van der Waals surface area contributed by atoms with Crippen LogP contribution in [0.1, 0.15) is 38.7 Å². The molecule has 0 amide bonds. The molecule has 2 unspecified atom stereocenters. The molecule has 3 nitrogen and oxygen atoms in total. The second kappa shape index (κ2) is 5.82. The predicted octanol–water partition coefficient (Wildman–Crippen LogP) is 3.85. The summed E-state index contributed by atoms with van der Waals surface area (Å²) >= 11 is 6.46. The summed E-state index contributed by atoms with van der Waals surface area (Å²) in [5.41, 5.74) is 1.33. The van der Waals surface area contributed by atoms with E-state index in [-0.39, 0.29) is 5.54 Å². The smallest absolute Gasteiger partial charge is 0.179 e. The number of hydrogen-bond acceptors (Lipinski definition) is 3. The minimum atomic E-state index is 0.161. The molecule has 0 bridgehead atoms. The van der Waals surface area contributed by atoms with E-state index in [0.29, 0.717) is 28.4 Å². The molecule has 112 valence electrons. The number of methoxy groups -OCH3 is 2. The number of rotatable bonds is 5. The zero-order valence-corrected chi connectivity index (χ0v) is 13.7. The molecule has 4 heteroatoms. The summed E-state index contributed by atoms with van der Waals surface area (Å²) in [6.45, 7) is 7.59. The number of halogens is 1. The van der Waals surface area contributed by atoms with Crippen LogP contribution in [-0.4, -0.2) is 26.3 Å². The quantitative estimate of drug-likeness (QED) is 0.895. The number of nitrogens with one attached hydrogen (secondary N) is 1. The van der Waals surface area contributed by atoms with Crippen LogP contribution in [0.25, 0.3) is 0 Å². The SMILES string of the molecule is COc1ccc(C2CC2CNC(C)(C)C)c(Cl)c1OC. The summed E-state index contributed by atoms with van der Waals surface area (Å²) in [6.07, 6.45) is 1.18. The fourth-order valence-electron chi connectivity index (χ4n) is 2.48. The van der Waals surface area contributed by atoms with Gasteiger partial charge in [0.1, 0.15) is 0 Å². The van der Waals surface area contributed by atoms with Crippen LogP contribution in [0.5, 0.6) is 11.5 Å². The van der Waals surface area contributed by atoms with Gasteiger partial charge in [-0.3, -0.25) is 0 Å². The Morgan fingerprint density at radius 1 is 1.25 bits per heavy atom. The zero-order valence-electron chi connectivity index (χ0n) is 12.9. The molecule has 0 spiro atoms. The van der Waals surface area contributed by atoms with Crippen molar-refractivity contribution in [2.45, 2.75) is 38.6 Å². The Bertz CT molecular complexity index is 482. The molecule has 0 aliphatic heterocycles. The third-order valence-electron chi connectivity index (χ3n) is 3.73. The molecule has 2 rings (SSSR count). The Hall–Kier alpha value is -0.930. The first-order valence-corrected chi connectivity index (χ1v) is 7.40. The molecule has 0 saturated heterocycles. The molecule has 1 fully saturated rings. The van der Waals surface area contributed by atoms with Gasteiger partial charge in [0.15, 0.2) is 11.5 Å². The van der Waals surface area contributed by atoms with Crippen molar-refractivity contribution in [2.24, 2.45) is 5.92 Å². The molecule has 2 atom stereocenters. The van der Waals surface area contributed by atoms with Crippen molar-refractivity contribution in [3.63, 3.8) is 0 Å². The summed E-state index contributed by atoms with van der Waals surface area (Å²) in [7, 11) is 3.25. The van der Waals surface area contributed by atoms with E-state index in [9.17, 15) is 0 Å². The Labute approximate surface area is 126 Å². The van der Waals surface area contributed by atoms with Gasteiger partial charge in [-0.2, -0.15) is 0 Å². The first kappa shape index (κ1) is 15.5. The van der Waals surface area contributed by atoms with Crippen molar-refractivity contribution in [3.8, 4) is 11.5 Å². The highest BCUT2D eigenvalue weighted by Crippen LogP contribution is 2.52. The maximum atomic E-state index is 6.46. The normalized spacial score (nSPS) is 21.7. The van der Waals surface area contributed by atoms with Gasteiger partial charge in [0.2, 0.25) is 0 Å². The molecule has 1 aliphatic rings. The first-order chi connectivity index (χ1) is 9.37. The van der Waals surface area contributed by atoms with Gasteiger partial charge in [-0.15, -0.1) is 0 Å². The Morgan fingerprint density at radius 3 is 2.50 bits per heavy atom. The first-order valence-electron chi connectivity index (χ1n) is 7.02. The monoisotopic (exact) mass is 297 g/mol. The second-order valence-corrected chi connectivity index (χ2v) is 6.82. The molecule has 1 N–H and O–H groups in total. The molecular weight excluding hydrogens is 274 g/mol. The van der Waals surface area contributed by atoms with Crippen molar-refractivity contribution in [3.05, 3.63) is 22.7 Å². The molecule has 0 radical (unpaired) electrons. The van der Waals surface area contributed by atoms with E-state index in [0.717, 1.165) is 6.54 Å². The van der Waals surface area contributed by atoms with Crippen LogP contribution in [0.3, 0.4) is 0 Å². The van der Waals surface area contributed by atoms with Gasteiger partial charge in [-0.25, -0.2) is 0 Å². The second-order valence-electron chi connectivity index (χ2n) is 6.44. The fourth-order valence-corrected chi connectivity index (χ4v) is 2.86. The summed E-state index contributed by atoms with van der Waals surface area (Å²) in [5.74, 6) is 2.51. The summed E-state index contributed by atoms with van der Waals surface area (Å²) in [6, 6.07) is 4.00. The maximum absolute atomic E-state index is 6.46. The van der Waals surface area contributed by atoms with Gasteiger partial charge in [0, 0.05) is 5.54 Å². The van der Waals surface area contributed by atoms with Crippen LogP contribution in [0.4, 0.5) is 0 Å². The third-order valence-corrected chi connectivity index (χ3v) is 4.12. The van der Waals surface area contributed by atoms with Crippen molar-refractivity contribution in [2.75, 3.05) is 20.8 Å². The lowest BCUT2D eigenvalue weighted by atomic mass is 10.1. The van der Waals surface area contributed by atoms with E-state index < -0.39 is 0 Å². The van der Waals surface area contributed by atoms with Crippen molar-refractivity contribution in [1.29, 1.82) is 0 Å². The number of benzene rings is 1. The fraction of sp³-hybridized carbons (Fsp3) is 0.625. The third kappa shape index (κ3) is 3.39. The summed E-state index contributed by atoms with van der Waals surface area (Å²) < 4.78 is 10.6. The molecular formula is C16H24ClNO2. The highest BCUT2D eigenvalue weighted by molar-refractivity contribution is 6.33. The van der Waals surface area contributed by atoms with Crippen molar-refractivity contribution in [1.82, 2.24) is 5.32 Å². The van der Waals surface area contributed by atoms with E-state index in [4.69, 9.17) is 21.1 Å². The van der Waals surface area contributed by atoms with Gasteiger partial charge in [0.05, 0.1) is 19.2 Å². The lowest BCUT2D eigenvalue weighted by molar-refractivity contribution is 0.354. The Balaban J connectivity index is 2.08. The predicted molar refractivity (Wildman–Crippen MR) is 83.2 cm³/mol. The lowest BCUT2D eigenvalue weighted by Gasteiger charge is -2.20. The maximum Gasteiger partial charge on any atom is 0.179 e. The molecule has 20 heavy (non-hydrogen) atoms. The van der Waals surface area contributed by atoms with E-state index >= 15 is 0 Å². The van der Waals surface area contributed by atoms with Crippen molar-refractivity contribution >= 4 is 11.6 Å². The Kier molecular flexibility index (Phi) is 4.50. The molecule has 0 heterocycles. The van der Waals surface area contributed by atoms with Crippen LogP contribution < -0.4 is 14.8 Å². The van der Waals surface area contributed by atoms with Crippen LogP contribution in [0, 0.1) is 5.92 Å². The minimum absolute atomic E-state index is 0.161. The van der Waals surface area contributed by atoms with Gasteiger partial charge in [-0.1, -0.05) is 17.7 Å². The summed E-state index contributed by atoms with van der Waals surface area (Å²) in [4.78, 5) is 0. The van der Waals surface area contributed by atoms with Crippen LogP contribution in [-0.2, 0) is 0 Å². The number of ether oxygens (including phenoxy) is 2. The van der Waals surface area contributed by atoms with Gasteiger partial charge >= 0.3 is 0 Å². The molecule has 1 aromatic rings. The average molecular weight is 298 g/mol. The Morgan fingerprint density at radius 2 is 1.95 bits per heavy atom. The van der Waals surface area contributed by atoms with E-state index in [1.165, 1.54) is 12.0 Å². The molecule has 1 saturated carbocycles. The van der Waals surface area contributed by atoms with Crippen molar-refractivity contribution < 1.29 is 9.47 Å². The highest BCUT2D eigenvalue weighted by Gasteiger charge is 2.40. The largest absolute Gasteiger partial charge is 0.493 e. The summed E-state index contributed by atoms with van der Waals surface area (Å²) in [5, 5.41) is 4.25. The highest BCUT2D eigenvalue weighted by atomic mass is 35.5. The van der Waals surface area contributed by atoms with E-state index in [2.05, 4.69) is 32.2 Å². The average Bonchev–Trinajstić information content (AvgIpc) is 3.14. The van der Waals surface area contributed by atoms with Gasteiger partial charge in [-0.05, 0) is 57.2 Å². The minimum Gasteiger partial charge on any atom is -0.493 e. The topological polar surface area (TPSA) is 30.5 Å². The van der Waals surface area contributed by atoms with Crippen LogP contribution in [0.15, 0.2) is 12.1 Å². The van der Waals surface area contributed by atoms with Gasteiger partial charge in [0.25, 0.3) is 0 Å². The lowest BCUT2D eigenvalue weighted by Crippen LogP contribution is -2.37.